The number of nitrogens with one attached hydrogen (secondary N) is 2. The van der Waals surface area contributed by atoms with E-state index in [1.165, 1.54) is 37.8 Å². The summed E-state index contributed by atoms with van der Waals surface area (Å²) in [5.74, 6) is -0.220. The molecule has 1 aliphatic rings. The molecule has 2 rings (SSSR count). The Hall–Kier alpha value is -1.76. The van der Waals surface area contributed by atoms with Gasteiger partial charge in [-0.2, -0.15) is 13.2 Å². The van der Waals surface area contributed by atoms with Crippen LogP contribution in [0.15, 0.2) is 24.3 Å². The molecule has 1 aromatic carbocycles. The smallest absolute Gasteiger partial charge is 0.376 e. The molecule has 0 aliphatic carbocycles. The molecule has 4 nitrogen and oxygen atoms in total. The molecule has 1 saturated heterocycles. The first-order valence-electron chi connectivity index (χ1n) is 8.35. The van der Waals surface area contributed by atoms with E-state index in [4.69, 9.17) is 0 Å². The molecule has 1 aliphatic heterocycles. The van der Waals surface area contributed by atoms with Crippen molar-refractivity contribution >= 4 is 11.6 Å². The first-order chi connectivity index (χ1) is 11.4. The summed E-state index contributed by atoms with van der Waals surface area (Å²) in [7, 11) is 0. The Labute approximate surface area is 140 Å². The van der Waals surface area contributed by atoms with E-state index in [1.54, 1.807) is 0 Å². The van der Waals surface area contributed by atoms with Crippen molar-refractivity contribution in [2.75, 3.05) is 38.0 Å². The number of rotatable bonds is 6. The molecule has 1 fully saturated rings. The maximum Gasteiger partial charge on any atom is 0.416 e. The molecule has 0 unspecified atom stereocenters. The standard InChI is InChI=1S/C17H24F3N3O/c18-17(19,20)14-6-5-7-15(12-14)22-13-16(24)21-8-11-23-9-3-1-2-4-10-23/h5-7,12,22H,1-4,8-11,13H2,(H,21,24). The minimum Gasteiger partial charge on any atom is -0.376 e. The lowest BCUT2D eigenvalue weighted by Gasteiger charge is -2.19. The zero-order valence-corrected chi connectivity index (χ0v) is 13.7. The molecule has 7 heteroatoms. The predicted molar refractivity (Wildman–Crippen MR) is 87.9 cm³/mol. The van der Waals surface area contributed by atoms with Gasteiger partial charge in [0.05, 0.1) is 12.1 Å². The maximum absolute atomic E-state index is 12.6. The van der Waals surface area contributed by atoms with Crippen LogP contribution in [0, 0.1) is 0 Å². The van der Waals surface area contributed by atoms with Gasteiger partial charge >= 0.3 is 6.18 Å². The van der Waals surface area contributed by atoms with Crippen LogP contribution in [0.2, 0.25) is 0 Å². The van der Waals surface area contributed by atoms with Crippen molar-refractivity contribution in [2.45, 2.75) is 31.9 Å². The van der Waals surface area contributed by atoms with Gasteiger partial charge in [0.15, 0.2) is 0 Å². The largest absolute Gasteiger partial charge is 0.416 e. The molecule has 0 spiro atoms. The molecular formula is C17H24F3N3O. The van der Waals surface area contributed by atoms with Gasteiger partial charge in [-0.1, -0.05) is 18.9 Å². The third-order valence-corrected chi connectivity index (χ3v) is 4.09. The summed E-state index contributed by atoms with van der Waals surface area (Å²) in [6.45, 7) is 3.47. The second-order valence-corrected chi connectivity index (χ2v) is 6.04. The minimum atomic E-state index is -4.38. The van der Waals surface area contributed by atoms with Gasteiger partial charge < -0.3 is 15.5 Å². The lowest BCUT2D eigenvalue weighted by molar-refractivity contribution is -0.137. The van der Waals surface area contributed by atoms with E-state index in [0.29, 0.717) is 6.54 Å². The fourth-order valence-electron chi connectivity index (χ4n) is 2.76. The number of carbonyl (C=O) groups excluding carboxylic acids is 1. The second kappa shape index (κ2) is 8.92. The highest BCUT2D eigenvalue weighted by Gasteiger charge is 2.30. The van der Waals surface area contributed by atoms with Crippen LogP contribution in [0.1, 0.15) is 31.2 Å². The fraction of sp³-hybridized carbons (Fsp3) is 0.588. The third kappa shape index (κ3) is 6.39. The highest BCUT2D eigenvalue weighted by Crippen LogP contribution is 2.30. The first-order valence-corrected chi connectivity index (χ1v) is 8.35. The van der Waals surface area contributed by atoms with E-state index in [-0.39, 0.29) is 18.1 Å². The molecule has 0 atom stereocenters. The van der Waals surface area contributed by atoms with Crippen LogP contribution >= 0.6 is 0 Å². The molecule has 0 aromatic heterocycles. The van der Waals surface area contributed by atoms with Crippen molar-refractivity contribution in [2.24, 2.45) is 0 Å². The number of hydrogen-bond acceptors (Lipinski definition) is 3. The topological polar surface area (TPSA) is 44.4 Å². The molecule has 0 radical (unpaired) electrons. The fourth-order valence-corrected chi connectivity index (χ4v) is 2.76. The van der Waals surface area contributed by atoms with Crippen LogP contribution in [0.25, 0.3) is 0 Å². The number of hydrogen-bond donors (Lipinski definition) is 2. The monoisotopic (exact) mass is 343 g/mol. The van der Waals surface area contributed by atoms with Crippen molar-refractivity contribution < 1.29 is 18.0 Å². The summed E-state index contributed by atoms with van der Waals surface area (Å²) in [4.78, 5) is 14.1. The first kappa shape index (κ1) is 18.6. The minimum absolute atomic E-state index is 0.0404. The van der Waals surface area contributed by atoms with Gasteiger partial charge in [-0.3, -0.25) is 4.79 Å². The van der Waals surface area contributed by atoms with Gasteiger partial charge in [-0.15, -0.1) is 0 Å². The lowest BCUT2D eigenvalue weighted by Crippen LogP contribution is -2.37. The van der Waals surface area contributed by atoms with Gasteiger partial charge in [-0.25, -0.2) is 0 Å². The highest BCUT2D eigenvalue weighted by atomic mass is 19.4. The Morgan fingerprint density at radius 3 is 2.50 bits per heavy atom. The SMILES string of the molecule is O=C(CNc1cccc(C(F)(F)F)c1)NCCN1CCCCCC1. The number of benzene rings is 1. The number of halogens is 3. The van der Waals surface area contributed by atoms with E-state index in [2.05, 4.69) is 15.5 Å². The molecule has 1 amide bonds. The van der Waals surface area contributed by atoms with Gasteiger partial charge in [0, 0.05) is 18.8 Å². The second-order valence-electron chi connectivity index (χ2n) is 6.04. The van der Waals surface area contributed by atoms with E-state index in [1.807, 2.05) is 0 Å². The summed E-state index contributed by atoms with van der Waals surface area (Å²) in [6.07, 6.45) is 0.552. The van der Waals surface area contributed by atoms with E-state index < -0.39 is 11.7 Å². The molecule has 0 saturated carbocycles. The highest BCUT2D eigenvalue weighted by molar-refractivity contribution is 5.80. The van der Waals surface area contributed by atoms with Crippen molar-refractivity contribution in [3.05, 3.63) is 29.8 Å². The number of amides is 1. The number of carbonyl (C=O) groups is 1. The predicted octanol–water partition coefficient (Wildman–Crippen LogP) is 3.11. The molecule has 1 heterocycles. The van der Waals surface area contributed by atoms with Crippen LogP contribution in [-0.2, 0) is 11.0 Å². The average molecular weight is 343 g/mol. The van der Waals surface area contributed by atoms with Crippen molar-refractivity contribution in [3.63, 3.8) is 0 Å². The Kier molecular flexibility index (Phi) is 6.90. The van der Waals surface area contributed by atoms with E-state index >= 15 is 0 Å². The molecular weight excluding hydrogens is 319 g/mol. The van der Waals surface area contributed by atoms with Crippen LogP contribution in [0.4, 0.5) is 18.9 Å². The number of nitrogens with zero attached hydrogens (tertiary/aromatic N) is 1. The summed E-state index contributed by atoms with van der Waals surface area (Å²) in [5.41, 5.74) is -0.443. The number of likely N-dealkylation sites (tertiary alicyclic amines) is 1. The van der Waals surface area contributed by atoms with Gasteiger partial charge in [0.1, 0.15) is 0 Å². The normalized spacial score (nSPS) is 16.5. The van der Waals surface area contributed by atoms with Crippen LogP contribution < -0.4 is 10.6 Å². The lowest BCUT2D eigenvalue weighted by atomic mass is 10.2. The summed E-state index contributed by atoms with van der Waals surface area (Å²) in [5, 5.41) is 5.53. The average Bonchev–Trinajstić information content (AvgIpc) is 2.81. The number of alkyl halides is 3. The zero-order valence-electron chi connectivity index (χ0n) is 13.7. The summed E-state index contributed by atoms with van der Waals surface area (Å²) < 4.78 is 37.9. The Morgan fingerprint density at radius 1 is 1.12 bits per heavy atom. The Morgan fingerprint density at radius 2 is 1.83 bits per heavy atom. The van der Waals surface area contributed by atoms with Gasteiger partial charge in [-0.05, 0) is 44.1 Å². The van der Waals surface area contributed by atoms with Gasteiger partial charge in [0.25, 0.3) is 0 Å². The molecule has 1 aromatic rings. The molecule has 2 N–H and O–H groups in total. The van der Waals surface area contributed by atoms with E-state index in [9.17, 15) is 18.0 Å². The Balaban J connectivity index is 1.69. The van der Waals surface area contributed by atoms with Gasteiger partial charge in [0.2, 0.25) is 5.91 Å². The summed E-state index contributed by atoms with van der Waals surface area (Å²) >= 11 is 0. The molecule has 24 heavy (non-hydrogen) atoms. The maximum atomic E-state index is 12.6. The van der Waals surface area contributed by atoms with Crippen LogP contribution in [-0.4, -0.2) is 43.5 Å². The number of anilines is 1. The van der Waals surface area contributed by atoms with Crippen molar-refractivity contribution in [1.82, 2.24) is 10.2 Å². The van der Waals surface area contributed by atoms with Crippen LogP contribution in [0.5, 0.6) is 0 Å². The van der Waals surface area contributed by atoms with Crippen LogP contribution in [0.3, 0.4) is 0 Å². The van der Waals surface area contributed by atoms with Crippen molar-refractivity contribution in [1.29, 1.82) is 0 Å². The quantitative estimate of drug-likeness (QED) is 0.834. The zero-order chi connectivity index (χ0) is 17.4. The summed E-state index contributed by atoms with van der Waals surface area (Å²) in [6, 6.07) is 4.85. The van der Waals surface area contributed by atoms with E-state index in [0.717, 1.165) is 31.8 Å². The molecule has 0 bridgehead atoms. The van der Waals surface area contributed by atoms with Crippen molar-refractivity contribution in [3.8, 4) is 0 Å². The third-order valence-electron chi connectivity index (χ3n) is 4.09. The Bertz CT molecular complexity index is 526. The molecule has 134 valence electrons.